The van der Waals surface area contributed by atoms with Gasteiger partial charge in [0, 0.05) is 6.42 Å². The van der Waals surface area contributed by atoms with Gasteiger partial charge in [0.15, 0.2) is 0 Å². The number of hydrogen-bond donors (Lipinski definition) is 2. The number of carbonyl (C=O) groups is 1. The molecule has 0 saturated carbocycles. The van der Waals surface area contributed by atoms with Crippen LogP contribution in [0.2, 0.25) is 0 Å². The maximum absolute atomic E-state index is 12.1. The Kier molecular flexibility index (Phi) is 11.7. The maximum atomic E-state index is 12.1. The van der Waals surface area contributed by atoms with Crippen LogP contribution in [0.15, 0.2) is 0 Å². The number of nitrogens with zero attached hydrogens (tertiary/aromatic N) is 2. The number of quaternary nitrogens is 2. The van der Waals surface area contributed by atoms with E-state index < -0.39 is 0 Å². The third-order valence-corrected chi connectivity index (χ3v) is 5.15. The molecule has 0 aliphatic rings. The molecule has 6 heteroatoms. The summed E-state index contributed by atoms with van der Waals surface area (Å²) in [5.74, 6) is 0.271. The Morgan fingerprint density at radius 1 is 0.963 bits per heavy atom. The van der Waals surface area contributed by atoms with E-state index >= 15 is 0 Å². The van der Waals surface area contributed by atoms with Crippen molar-refractivity contribution in [2.24, 2.45) is 11.3 Å². The molecular weight excluding hydrogens is 344 g/mol. The van der Waals surface area contributed by atoms with Crippen molar-refractivity contribution in [3.8, 4) is 0 Å². The molecule has 0 aliphatic carbocycles. The highest BCUT2D eigenvalue weighted by Crippen LogP contribution is 2.24. The van der Waals surface area contributed by atoms with Gasteiger partial charge in [-0.25, -0.2) is 0 Å². The van der Waals surface area contributed by atoms with E-state index in [2.05, 4.69) is 48.8 Å². The van der Waals surface area contributed by atoms with Gasteiger partial charge in [-0.05, 0) is 17.8 Å². The van der Waals surface area contributed by atoms with Gasteiger partial charge in [-0.3, -0.25) is 4.79 Å². The Hall–Kier alpha value is -0.690. The van der Waals surface area contributed by atoms with E-state index in [1.807, 2.05) is 0 Å². The summed E-state index contributed by atoms with van der Waals surface area (Å²) in [5, 5.41) is 18.5. The number of ether oxygens (including phenoxy) is 1. The van der Waals surface area contributed by atoms with E-state index in [1.54, 1.807) is 0 Å². The average molecular weight is 391 g/mol. The molecular formula is C21H46N2O4+2. The predicted octanol–water partition coefficient (Wildman–Crippen LogP) is 1.89. The van der Waals surface area contributed by atoms with Crippen molar-refractivity contribution in [1.29, 1.82) is 0 Å². The molecule has 0 saturated heterocycles. The smallest absolute Gasteiger partial charge is 0.311 e. The lowest BCUT2D eigenvalue weighted by atomic mass is 9.86. The number of esters is 1. The molecule has 2 N–H and O–H groups in total. The van der Waals surface area contributed by atoms with Gasteiger partial charge in [-0.1, -0.05) is 27.7 Å². The Bertz CT molecular complexity index is 413. The molecule has 0 aromatic heterocycles. The second-order valence-corrected chi connectivity index (χ2v) is 10.3. The topological polar surface area (TPSA) is 66.8 Å². The van der Waals surface area contributed by atoms with Gasteiger partial charge in [-0.2, -0.15) is 0 Å². The van der Waals surface area contributed by atoms with Crippen molar-refractivity contribution in [3.05, 3.63) is 0 Å². The second-order valence-electron chi connectivity index (χ2n) is 10.3. The van der Waals surface area contributed by atoms with Crippen molar-refractivity contribution in [2.45, 2.75) is 47.0 Å². The molecule has 0 spiro atoms. The molecule has 0 aromatic rings. The molecule has 0 rings (SSSR count). The van der Waals surface area contributed by atoms with Gasteiger partial charge in [0.25, 0.3) is 0 Å². The summed E-state index contributed by atoms with van der Waals surface area (Å²) in [4.78, 5) is 12.1. The summed E-state index contributed by atoms with van der Waals surface area (Å²) in [6.45, 7) is 13.5. The van der Waals surface area contributed by atoms with Crippen LogP contribution in [0.5, 0.6) is 0 Å². The van der Waals surface area contributed by atoms with Crippen molar-refractivity contribution < 1.29 is 28.7 Å². The van der Waals surface area contributed by atoms with Gasteiger partial charge in [0.05, 0.1) is 67.0 Å². The minimum atomic E-state index is -0.108. The average Bonchev–Trinajstić information content (AvgIpc) is 2.49. The van der Waals surface area contributed by atoms with Crippen molar-refractivity contribution in [3.63, 3.8) is 0 Å². The Balaban J connectivity index is 4.19. The number of likely N-dealkylation sites (N-methyl/N-ethyl adjacent to an activating group) is 1. The van der Waals surface area contributed by atoms with Crippen LogP contribution >= 0.6 is 0 Å². The van der Waals surface area contributed by atoms with Gasteiger partial charge in [0.2, 0.25) is 0 Å². The first-order valence-corrected chi connectivity index (χ1v) is 10.4. The molecule has 0 aromatic carbocycles. The SMILES string of the molecule is CC(COC(=O)CC[N+](C)(C)CCC[N+](C)(CCO)CCO)CC(C)(C)C. The highest BCUT2D eigenvalue weighted by Gasteiger charge is 2.24. The summed E-state index contributed by atoms with van der Waals surface area (Å²) in [5.41, 5.74) is 0.254. The highest BCUT2D eigenvalue weighted by molar-refractivity contribution is 5.69. The number of aliphatic hydroxyl groups is 2. The zero-order valence-electron chi connectivity index (χ0n) is 19.0. The van der Waals surface area contributed by atoms with Crippen LogP contribution in [0, 0.1) is 11.3 Å². The molecule has 162 valence electrons. The normalized spacial score (nSPS) is 14.3. The van der Waals surface area contributed by atoms with Gasteiger partial charge >= 0.3 is 5.97 Å². The van der Waals surface area contributed by atoms with Crippen molar-refractivity contribution in [1.82, 2.24) is 0 Å². The minimum absolute atomic E-state index is 0.108. The van der Waals surface area contributed by atoms with Crippen molar-refractivity contribution in [2.75, 3.05) is 73.7 Å². The number of carbonyl (C=O) groups excluding carboxylic acids is 1. The van der Waals surface area contributed by atoms with Crippen molar-refractivity contribution >= 4 is 5.97 Å². The Labute approximate surface area is 167 Å². The zero-order valence-corrected chi connectivity index (χ0v) is 19.0. The van der Waals surface area contributed by atoms with Gasteiger partial charge in [-0.15, -0.1) is 0 Å². The third-order valence-electron chi connectivity index (χ3n) is 5.15. The maximum Gasteiger partial charge on any atom is 0.311 e. The molecule has 1 atom stereocenters. The lowest BCUT2D eigenvalue weighted by Crippen LogP contribution is -2.50. The van der Waals surface area contributed by atoms with E-state index in [0.717, 1.165) is 37.0 Å². The number of hydrogen-bond acceptors (Lipinski definition) is 4. The predicted molar refractivity (Wildman–Crippen MR) is 110 cm³/mol. The summed E-state index contributed by atoms with van der Waals surface area (Å²) >= 11 is 0. The quantitative estimate of drug-likeness (QED) is 0.351. The van der Waals surface area contributed by atoms with Crippen LogP contribution in [0.3, 0.4) is 0 Å². The fourth-order valence-corrected chi connectivity index (χ4v) is 3.62. The molecule has 0 radical (unpaired) electrons. The molecule has 0 bridgehead atoms. The molecule has 0 aliphatic heterocycles. The monoisotopic (exact) mass is 390 g/mol. The molecule has 27 heavy (non-hydrogen) atoms. The van der Waals surface area contributed by atoms with E-state index in [1.165, 1.54) is 0 Å². The summed E-state index contributed by atoms with van der Waals surface area (Å²) < 4.78 is 6.91. The van der Waals surface area contributed by atoms with Crippen LogP contribution in [0.25, 0.3) is 0 Å². The Morgan fingerprint density at radius 2 is 1.52 bits per heavy atom. The molecule has 6 nitrogen and oxygen atoms in total. The third kappa shape index (κ3) is 14.0. The lowest BCUT2D eigenvalue weighted by Gasteiger charge is -2.35. The van der Waals surface area contributed by atoms with Crippen LogP contribution in [-0.4, -0.2) is 98.8 Å². The number of rotatable bonds is 14. The molecule has 0 amide bonds. The highest BCUT2D eigenvalue weighted by atomic mass is 16.5. The van der Waals surface area contributed by atoms with Crippen LogP contribution in [0.1, 0.15) is 47.0 Å². The first-order valence-electron chi connectivity index (χ1n) is 10.4. The van der Waals surface area contributed by atoms with E-state index in [0.29, 0.717) is 36.5 Å². The van der Waals surface area contributed by atoms with Gasteiger partial charge < -0.3 is 23.9 Å². The first kappa shape index (κ1) is 26.3. The number of aliphatic hydroxyl groups excluding tert-OH is 2. The first-order chi connectivity index (χ1) is 12.3. The van der Waals surface area contributed by atoms with Crippen LogP contribution in [0.4, 0.5) is 0 Å². The minimum Gasteiger partial charge on any atom is -0.465 e. The van der Waals surface area contributed by atoms with E-state index in [9.17, 15) is 15.0 Å². The van der Waals surface area contributed by atoms with Crippen LogP contribution < -0.4 is 0 Å². The molecule has 0 fully saturated rings. The van der Waals surface area contributed by atoms with E-state index in [4.69, 9.17) is 4.74 Å². The summed E-state index contributed by atoms with van der Waals surface area (Å²) in [7, 11) is 6.35. The Morgan fingerprint density at radius 3 is 2.00 bits per heavy atom. The van der Waals surface area contributed by atoms with Gasteiger partial charge in [0.1, 0.15) is 13.1 Å². The van der Waals surface area contributed by atoms with Crippen LogP contribution in [-0.2, 0) is 9.53 Å². The molecule has 1 unspecified atom stereocenters. The standard InChI is InChI=1S/C21H46N2O4/c1-19(17-21(2,3)4)18-27-20(26)9-12-22(5,6)10-8-11-23(7,13-15-24)14-16-25/h19,24-25H,8-18H2,1-7H3/q+2. The second kappa shape index (κ2) is 12.0. The lowest BCUT2D eigenvalue weighted by molar-refractivity contribution is -0.921. The summed E-state index contributed by atoms with van der Waals surface area (Å²) in [6.07, 6.45) is 2.47. The summed E-state index contributed by atoms with van der Waals surface area (Å²) in [6, 6.07) is 0. The van der Waals surface area contributed by atoms with E-state index in [-0.39, 0.29) is 24.6 Å². The fraction of sp³-hybridized carbons (Fsp3) is 0.952. The molecule has 0 heterocycles. The zero-order chi connectivity index (χ0) is 21.1. The fourth-order valence-electron chi connectivity index (χ4n) is 3.62. The largest absolute Gasteiger partial charge is 0.465 e.